The standard InChI is InChI=1S/C22H19NO2/c24-22(23-14-12-21-20(16-23)13-15-25-21)19-10-8-18(9-11-19)7-6-17-4-2-1-3-5-17/h1-11,13,15H,12,14,16H2. The fraction of sp³-hybridized carbons (Fsp3) is 0.136. The second-order valence-corrected chi connectivity index (χ2v) is 6.21. The van der Waals surface area contributed by atoms with Crippen LogP contribution in [0, 0.1) is 0 Å². The van der Waals surface area contributed by atoms with Gasteiger partial charge in [0.2, 0.25) is 0 Å². The van der Waals surface area contributed by atoms with Crippen molar-refractivity contribution < 1.29 is 9.21 Å². The van der Waals surface area contributed by atoms with Gasteiger partial charge in [0.25, 0.3) is 5.91 Å². The molecule has 3 aromatic rings. The van der Waals surface area contributed by atoms with Crippen molar-refractivity contribution in [2.45, 2.75) is 13.0 Å². The first-order chi connectivity index (χ1) is 12.3. The summed E-state index contributed by atoms with van der Waals surface area (Å²) in [5.41, 5.74) is 4.08. The molecule has 1 aliphatic rings. The van der Waals surface area contributed by atoms with Crippen LogP contribution in [0.1, 0.15) is 32.8 Å². The van der Waals surface area contributed by atoms with Crippen LogP contribution in [-0.2, 0) is 13.0 Å². The zero-order chi connectivity index (χ0) is 17.1. The Morgan fingerprint density at radius 1 is 0.920 bits per heavy atom. The van der Waals surface area contributed by atoms with Crippen molar-refractivity contribution in [1.82, 2.24) is 4.90 Å². The summed E-state index contributed by atoms with van der Waals surface area (Å²) in [6, 6.07) is 19.9. The number of hydrogen-bond acceptors (Lipinski definition) is 2. The fourth-order valence-electron chi connectivity index (χ4n) is 3.10. The van der Waals surface area contributed by atoms with Crippen LogP contribution in [0.2, 0.25) is 0 Å². The molecule has 0 N–H and O–H groups in total. The predicted molar refractivity (Wildman–Crippen MR) is 99.0 cm³/mol. The molecule has 0 saturated heterocycles. The normalized spacial score (nSPS) is 13.8. The van der Waals surface area contributed by atoms with Gasteiger partial charge in [-0.3, -0.25) is 4.79 Å². The van der Waals surface area contributed by atoms with Crippen molar-refractivity contribution in [3.63, 3.8) is 0 Å². The predicted octanol–water partition coefficient (Wildman–Crippen LogP) is 4.65. The molecular formula is C22H19NO2. The number of furan rings is 1. The van der Waals surface area contributed by atoms with Crippen molar-refractivity contribution in [3.05, 3.63) is 94.9 Å². The zero-order valence-corrected chi connectivity index (χ0v) is 13.9. The maximum Gasteiger partial charge on any atom is 0.254 e. The van der Waals surface area contributed by atoms with E-state index in [2.05, 4.69) is 24.3 Å². The van der Waals surface area contributed by atoms with Gasteiger partial charge in [0.05, 0.1) is 6.26 Å². The van der Waals surface area contributed by atoms with Gasteiger partial charge in [-0.15, -0.1) is 0 Å². The Kier molecular flexibility index (Phi) is 4.21. The number of hydrogen-bond donors (Lipinski definition) is 0. The largest absolute Gasteiger partial charge is 0.469 e. The van der Waals surface area contributed by atoms with E-state index >= 15 is 0 Å². The number of carbonyl (C=O) groups excluding carboxylic acids is 1. The first-order valence-electron chi connectivity index (χ1n) is 8.47. The Bertz CT molecular complexity index is 891. The molecule has 0 fully saturated rings. The van der Waals surface area contributed by atoms with Crippen LogP contribution in [0.15, 0.2) is 71.3 Å². The van der Waals surface area contributed by atoms with E-state index in [9.17, 15) is 4.79 Å². The minimum Gasteiger partial charge on any atom is -0.469 e. The second kappa shape index (κ2) is 6.81. The number of carbonyl (C=O) groups is 1. The molecule has 0 bridgehead atoms. The minimum atomic E-state index is 0.0745. The molecule has 25 heavy (non-hydrogen) atoms. The molecule has 1 aliphatic heterocycles. The maximum absolute atomic E-state index is 12.7. The highest BCUT2D eigenvalue weighted by Crippen LogP contribution is 2.21. The first kappa shape index (κ1) is 15.5. The average molecular weight is 329 g/mol. The molecule has 2 heterocycles. The molecule has 0 spiro atoms. The number of benzene rings is 2. The van der Waals surface area contributed by atoms with Gasteiger partial charge >= 0.3 is 0 Å². The van der Waals surface area contributed by atoms with E-state index in [1.165, 1.54) is 0 Å². The zero-order valence-electron chi connectivity index (χ0n) is 13.9. The minimum absolute atomic E-state index is 0.0745. The van der Waals surface area contributed by atoms with Crippen LogP contribution >= 0.6 is 0 Å². The highest BCUT2D eigenvalue weighted by Gasteiger charge is 2.23. The highest BCUT2D eigenvalue weighted by molar-refractivity contribution is 5.94. The molecule has 1 amide bonds. The molecule has 3 heteroatoms. The Hall–Kier alpha value is -3.07. The van der Waals surface area contributed by atoms with Gasteiger partial charge in [-0.05, 0) is 29.3 Å². The summed E-state index contributed by atoms with van der Waals surface area (Å²) in [5, 5.41) is 0. The Morgan fingerprint density at radius 3 is 2.40 bits per heavy atom. The van der Waals surface area contributed by atoms with Gasteiger partial charge in [0, 0.05) is 30.6 Å². The fourth-order valence-corrected chi connectivity index (χ4v) is 3.10. The summed E-state index contributed by atoms with van der Waals surface area (Å²) in [7, 11) is 0. The number of nitrogens with zero attached hydrogens (tertiary/aromatic N) is 1. The van der Waals surface area contributed by atoms with Gasteiger partial charge in [0.1, 0.15) is 5.76 Å². The molecule has 1 aromatic heterocycles. The van der Waals surface area contributed by atoms with Crippen molar-refractivity contribution in [2.75, 3.05) is 6.54 Å². The van der Waals surface area contributed by atoms with Crippen molar-refractivity contribution in [3.8, 4) is 0 Å². The van der Waals surface area contributed by atoms with Crippen molar-refractivity contribution in [1.29, 1.82) is 0 Å². The second-order valence-electron chi connectivity index (χ2n) is 6.21. The number of fused-ring (bicyclic) bond motifs is 1. The van der Waals surface area contributed by atoms with Crippen LogP contribution < -0.4 is 0 Å². The van der Waals surface area contributed by atoms with Gasteiger partial charge in [0.15, 0.2) is 0 Å². The Labute approximate surface area is 147 Å². The van der Waals surface area contributed by atoms with E-state index in [1.807, 2.05) is 53.4 Å². The summed E-state index contributed by atoms with van der Waals surface area (Å²) < 4.78 is 5.42. The molecule has 0 atom stereocenters. The molecule has 4 rings (SSSR count). The van der Waals surface area contributed by atoms with E-state index < -0.39 is 0 Å². The molecule has 3 nitrogen and oxygen atoms in total. The summed E-state index contributed by atoms with van der Waals surface area (Å²) in [6.45, 7) is 1.33. The molecule has 0 radical (unpaired) electrons. The number of amides is 1. The summed E-state index contributed by atoms with van der Waals surface area (Å²) >= 11 is 0. The Morgan fingerprint density at radius 2 is 1.64 bits per heavy atom. The quantitative estimate of drug-likeness (QED) is 0.655. The van der Waals surface area contributed by atoms with Crippen LogP contribution in [-0.4, -0.2) is 17.4 Å². The van der Waals surface area contributed by atoms with E-state index in [1.54, 1.807) is 6.26 Å². The molecule has 0 aliphatic carbocycles. The van der Waals surface area contributed by atoms with Crippen LogP contribution in [0.3, 0.4) is 0 Å². The van der Waals surface area contributed by atoms with Gasteiger partial charge in [-0.1, -0.05) is 54.6 Å². The van der Waals surface area contributed by atoms with Crippen molar-refractivity contribution in [2.24, 2.45) is 0 Å². The summed E-state index contributed by atoms with van der Waals surface area (Å²) in [6.07, 6.45) is 6.61. The molecule has 124 valence electrons. The van der Waals surface area contributed by atoms with Crippen LogP contribution in [0.25, 0.3) is 12.2 Å². The monoisotopic (exact) mass is 329 g/mol. The third-order valence-electron chi connectivity index (χ3n) is 4.52. The maximum atomic E-state index is 12.7. The van der Waals surface area contributed by atoms with E-state index in [0.29, 0.717) is 13.1 Å². The summed E-state index contributed by atoms with van der Waals surface area (Å²) in [5.74, 6) is 1.08. The molecule has 0 unspecified atom stereocenters. The molecular weight excluding hydrogens is 310 g/mol. The average Bonchev–Trinajstić information content (AvgIpc) is 3.15. The lowest BCUT2D eigenvalue weighted by Crippen LogP contribution is -2.35. The third-order valence-corrected chi connectivity index (χ3v) is 4.52. The Balaban J connectivity index is 1.45. The molecule has 0 saturated carbocycles. The first-order valence-corrected chi connectivity index (χ1v) is 8.47. The lowest BCUT2D eigenvalue weighted by molar-refractivity contribution is 0.0730. The van der Waals surface area contributed by atoms with Gasteiger partial charge in [-0.25, -0.2) is 0 Å². The SMILES string of the molecule is O=C(c1ccc(C=Cc2ccccc2)cc1)N1CCc2occc2C1. The van der Waals surface area contributed by atoms with Crippen LogP contribution in [0.4, 0.5) is 0 Å². The highest BCUT2D eigenvalue weighted by atomic mass is 16.3. The van der Waals surface area contributed by atoms with E-state index in [0.717, 1.165) is 34.4 Å². The molecule has 2 aromatic carbocycles. The summed E-state index contributed by atoms with van der Waals surface area (Å²) in [4.78, 5) is 14.6. The number of rotatable bonds is 3. The lowest BCUT2D eigenvalue weighted by atomic mass is 10.1. The van der Waals surface area contributed by atoms with Crippen LogP contribution in [0.5, 0.6) is 0 Å². The van der Waals surface area contributed by atoms with E-state index in [-0.39, 0.29) is 5.91 Å². The topological polar surface area (TPSA) is 33.5 Å². The van der Waals surface area contributed by atoms with Crippen molar-refractivity contribution >= 4 is 18.1 Å². The van der Waals surface area contributed by atoms with E-state index in [4.69, 9.17) is 4.42 Å². The smallest absolute Gasteiger partial charge is 0.254 e. The van der Waals surface area contributed by atoms with Gasteiger partial charge in [-0.2, -0.15) is 0 Å². The lowest BCUT2D eigenvalue weighted by Gasteiger charge is -2.26. The third kappa shape index (κ3) is 3.41. The van der Waals surface area contributed by atoms with Gasteiger partial charge < -0.3 is 9.32 Å².